The molecule has 2 N–H and O–H groups in total. The standard InChI is InChI=1S/C17H24ClNO3/c1-5-6-14(20)13-8-12(17(2,3)4)7-11(16(13)22)10-19-15(21)9-18/h7-8,22H,5-6,9-10H2,1-4H3,(H,19,21). The molecule has 122 valence electrons. The molecule has 0 aliphatic rings. The van der Waals surface area contributed by atoms with Gasteiger partial charge in [0.15, 0.2) is 5.78 Å². The number of nitrogens with one attached hydrogen (secondary N) is 1. The number of phenols is 1. The van der Waals surface area contributed by atoms with Crippen molar-refractivity contribution in [2.24, 2.45) is 0 Å². The Morgan fingerprint density at radius 3 is 2.41 bits per heavy atom. The Bertz CT molecular complexity index is 562. The summed E-state index contributed by atoms with van der Waals surface area (Å²) in [6.45, 7) is 8.18. The molecule has 0 saturated heterocycles. The Morgan fingerprint density at radius 1 is 1.27 bits per heavy atom. The van der Waals surface area contributed by atoms with Crippen molar-refractivity contribution in [2.75, 3.05) is 5.88 Å². The lowest BCUT2D eigenvalue weighted by molar-refractivity contribution is -0.118. The Morgan fingerprint density at radius 2 is 1.91 bits per heavy atom. The maximum absolute atomic E-state index is 12.2. The highest BCUT2D eigenvalue weighted by molar-refractivity contribution is 6.27. The summed E-state index contributed by atoms with van der Waals surface area (Å²) in [5, 5.41) is 13.0. The number of hydrogen-bond acceptors (Lipinski definition) is 3. The van der Waals surface area contributed by atoms with Gasteiger partial charge in [0.05, 0.1) is 5.56 Å². The maximum atomic E-state index is 12.2. The van der Waals surface area contributed by atoms with Crippen LogP contribution in [0.1, 0.15) is 62.0 Å². The number of alkyl halides is 1. The summed E-state index contributed by atoms with van der Waals surface area (Å²) in [7, 11) is 0. The number of amides is 1. The van der Waals surface area contributed by atoms with Crippen molar-refractivity contribution in [1.29, 1.82) is 0 Å². The summed E-state index contributed by atoms with van der Waals surface area (Å²) < 4.78 is 0. The number of carbonyl (C=O) groups is 2. The lowest BCUT2D eigenvalue weighted by Gasteiger charge is -2.22. The third-order valence-corrected chi connectivity index (χ3v) is 3.67. The van der Waals surface area contributed by atoms with Crippen LogP contribution < -0.4 is 5.32 Å². The zero-order valence-electron chi connectivity index (χ0n) is 13.6. The molecule has 1 rings (SSSR count). The van der Waals surface area contributed by atoms with Crippen molar-refractivity contribution in [2.45, 2.75) is 52.5 Å². The largest absolute Gasteiger partial charge is 0.507 e. The molecule has 0 saturated carbocycles. The highest BCUT2D eigenvalue weighted by Crippen LogP contribution is 2.32. The molecule has 0 fully saturated rings. The van der Waals surface area contributed by atoms with Crippen molar-refractivity contribution in [3.05, 3.63) is 28.8 Å². The Labute approximate surface area is 136 Å². The Kier molecular flexibility index (Phi) is 6.42. The van der Waals surface area contributed by atoms with Gasteiger partial charge in [-0.15, -0.1) is 11.6 Å². The van der Waals surface area contributed by atoms with E-state index < -0.39 is 0 Å². The summed E-state index contributed by atoms with van der Waals surface area (Å²) in [5.41, 5.74) is 1.63. The van der Waals surface area contributed by atoms with Gasteiger partial charge in [0.25, 0.3) is 0 Å². The van der Waals surface area contributed by atoms with E-state index in [-0.39, 0.29) is 35.3 Å². The molecule has 1 aromatic rings. The van der Waals surface area contributed by atoms with E-state index in [0.29, 0.717) is 17.5 Å². The van der Waals surface area contributed by atoms with E-state index in [1.807, 2.05) is 33.8 Å². The predicted molar refractivity (Wildman–Crippen MR) is 88.6 cm³/mol. The molecule has 0 heterocycles. The summed E-state index contributed by atoms with van der Waals surface area (Å²) >= 11 is 5.46. The van der Waals surface area contributed by atoms with Crippen LogP contribution in [0.4, 0.5) is 0 Å². The minimum atomic E-state index is -0.316. The van der Waals surface area contributed by atoms with E-state index >= 15 is 0 Å². The molecule has 1 amide bonds. The number of rotatable bonds is 6. The van der Waals surface area contributed by atoms with Gasteiger partial charge in [-0.25, -0.2) is 0 Å². The van der Waals surface area contributed by atoms with E-state index in [9.17, 15) is 14.7 Å². The van der Waals surface area contributed by atoms with E-state index in [1.165, 1.54) is 0 Å². The fraction of sp³-hybridized carbons (Fsp3) is 0.529. The Hall–Kier alpha value is -1.55. The molecular formula is C17H24ClNO3. The maximum Gasteiger partial charge on any atom is 0.235 e. The SMILES string of the molecule is CCCC(=O)c1cc(C(C)(C)C)cc(CNC(=O)CCl)c1O. The van der Waals surface area contributed by atoms with Gasteiger partial charge >= 0.3 is 0 Å². The summed E-state index contributed by atoms with van der Waals surface area (Å²) in [6.07, 6.45) is 1.10. The van der Waals surface area contributed by atoms with Crippen molar-refractivity contribution in [3.8, 4) is 5.75 Å². The number of benzene rings is 1. The zero-order valence-corrected chi connectivity index (χ0v) is 14.4. The second-order valence-corrected chi connectivity index (χ2v) is 6.63. The fourth-order valence-electron chi connectivity index (χ4n) is 2.08. The van der Waals surface area contributed by atoms with Crippen LogP contribution in [-0.4, -0.2) is 22.7 Å². The van der Waals surface area contributed by atoms with Gasteiger partial charge in [0, 0.05) is 18.5 Å². The number of Topliss-reactive ketones (excluding diaryl/α,β-unsaturated/α-hetero) is 1. The molecule has 1 aromatic carbocycles. The number of carbonyl (C=O) groups excluding carboxylic acids is 2. The second-order valence-electron chi connectivity index (χ2n) is 6.37. The van der Waals surface area contributed by atoms with Crippen molar-refractivity contribution in [3.63, 3.8) is 0 Å². The van der Waals surface area contributed by atoms with Crippen LogP contribution in [0.25, 0.3) is 0 Å². The first-order chi connectivity index (χ1) is 10.2. The molecule has 0 bridgehead atoms. The van der Waals surface area contributed by atoms with E-state index in [0.717, 1.165) is 12.0 Å². The van der Waals surface area contributed by atoms with Crippen molar-refractivity contribution < 1.29 is 14.7 Å². The lowest BCUT2D eigenvalue weighted by Crippen LogP contribution is -2.24. The smallest absolute Gasteiger partial charge is 0.235 e. The average molecular weight is 326 g/mol. The summed E-state index contributed by atoms with van der Waals surface area (Å²) in [4.78, 5) is 23.5. The van der Waals surface area contributed by atoms with Gasteiger partial charge in [-0.05, 0) is 29.5 Å². The fourth-order valence-corrected chi connectivity index (χ4v) is 2.17. The van der Waals surface area contributed by atoms with Crippen molar-refractivity contribution in [1.82, 2.24) is 5.32 Å². The highest BCUT2D eigenvalue weighted by atomic mass is 35.5. The molecule has 0 atom stereocenters. The monoisotopic (exact) mass is 325 g/mol. The van der Waals surface area contributed by atoms with Gasteiger partial charge in [0.1, 0.15) is 11.6 Å². The van der Waals surface area contributed by atoms with Gasteiger partial charge in [-0.1, -0.05) is 27.7 Å². The minimum absolute atomic E-state index is 0.0543. The highest BCUT2D eigenvalue weighted by Gasteiger charge is 2.21. The summed E-state index contributed by atoms with van der Waals surface area (Å²) in [5.74, 6) is -0.595. The van der Waals surface area contributed by atoms with Crippen LogP contribution >= 0.6 is 11.6 Å². The lowest BCUT2D eigenvalue weighted by atomic mass is 9.84. The van der Waals surface area contributed by atoms with Crippen LogP contribution in [0, 0.1) is 0 Å². The zero-order chi connectivity index (χ0) is 16.9. The van der Waals surface area contributed by atoms with Crippen LogP contribution in [0.2, 0.25) is 0 Å². The van der Waals surface area contributed by atoms with Crippen LogP contribution in [0.5, 0.6) is 5.75 Å². The van der Waals surface area contributed by atoms with Gasteiger partial charge < -0.3 is 10.4 Å². The molecule has 4 nitrogen and oxygen atoms in total. The first kappa shape index (κ1) is 18.5. The minimum Gasteiger partial charge on any atom is -0.507 e. The molecule has 5 heteroatoms. The third-order valence-electron chi connectivity index (χ3n) is 3.43. The van der Waals surface area contributed by atoms with Crippen LogP contribution in [0.15, 0.2) is 12.1 Å². The van der Waals surface area contributed by atoms with E-state index in [2.05, 4.69) is 5.32 Å². The van der Waals surface area contributed by atoms with Crippen LogP contribution in [-0.2, 0) is 16.8 Å². The molecule has 22 heavy (non-hydrogen) atoms. The first-order valence-corrected chi connectivity index (χ1v) is 7.96. The molecule has 0 aliphatic carbocycles. The molecule has 0 aliphatic heterocycles. The van der Waals surface area contributed by atoms with Crippen molar-refractivity contribution >= 4 is 23.3 Å². The second kappa shape index (κ2) is 7.63. The molecule has 0 aromatic heterocycles. The number of phenolic OH excluding ortho intramolecular Hbond substituents is 1. The molecule has 0 radical (unpaired) electrons. The predicted octanol–water partition coefficient (Wildman–Crippen LogP) is 3.53. The molecule has 0 spiro atoms. The topological polar surface area (TPSA) is 66.4 Å². The number of ketones is 1. The van der Waals surface area contributed by atoms with Crippen LogP contribution in [0.3, 0.4) is 0 Å². The normalized spacial score (nSPS) is 11.3. The third kappa shape index (κ3) is 4.73. The quantitative estimate of drug-likeness (QED) is 0.621. The number of halogens is 1. The van der Waals surface area contributed by atoms with Gasteiger partial charge in [-0.3, -0.25) is 9.59 Å². The van der Waals surface area contributed by atoms with E-state index in [4.69, 9.17) is 11.6 Å². The number of aromatic hydroxyl groups is 1. The molecular weight excluding hydrogens is 302 g/mol. The van der Waals surface area contributed by atoms with Gasteiger partial charge in [0.2, 0.25) is 5.91 Å². The molecule has 0 unspecified atom stereocenters. The van der Waals surface area contributed by atoms with Gasteiger partial charge in [-0.2, -0.15) is 0 Å². The summed E-state index contributed by atoms with van der Waals surface area (Å²) in [6, 6.07) is 3.58. The Balaban J connectivity index is 3.26. The first-order valence-electron chi connectivity index (χ1n) is 7.43. The average Bonchev–Trinajstić information content (AvgIpc) is 2.44. The van der Waals surface area contributed by atoms with E-state index in [1.54, 1.807) is 6.07 Å². The number of hydrogen-bond donors (Lipinski definition) is 2.